The molecule has 2 saturated heterocycles. The molecule has 0 amide bonds. The molecule has 0 radical (unpaired) electrons. The number of sulfonamides is 1. The number of ether oxygens (including phenoxy) is 1. The van der Waals surface area contributed by atoms with Gasteiger partial charge in [0.1, 0.15) is 18.0 Å². The van der Waals surface area contributed by atoms with Crippen molar-refractivity contribution >= 4 is 10.0 Å². The molecule has 2 atom stereocenters. The summed E-state index contributed by atoms with van der Waals surface area (Å²) in [4.78, 5) is 11.0. The van der Waals surface area contributed by atoms with Crippen LogP contribution in [0.1, 0.15) is 36.4 Å². The third kappa shape index (κ3) is 4.01. The molecule has 1 aliphatic carbocycles. The minimum Gasteiger partial charge on any atom is -0.472 e. The molecule has 2 aliphatic heterocycles. The van der Waals surface area contributed by atoms with Gasteiger partial charge in [-0.3, -0.25) is 9.88 Å². The molecule has 1 aromatic heterocycles. The highest BCUT2D eigenvalue weighted by atomic mass is 32.2. The average molecular weight is 444 g/mol. The van der Waals surface area contributed by atoms with Crippen molar-refractivity contribution in [3.63, 3.8) is 0 Å². The summed E-state index contributed by atoms with van der Waals surface area (Å²) >= 11 is 0. The Kier molecular flexibility index (Phi) is 5.12. The Hall–Kier alpha value is -2.61. The number of rotatable bonds is 5. The van der Waals surface area contributed by atoms with Crippen LogP contribution in [-0.2, 0) is 10.0 Å². The molecule has 31 heavy (non-hydrogen) atoms. The predicted octanol–water partition coefficient (Wildman–Crippen LogP) is 1.89. The highest BCUT2D eigenvalue weighted by Crippen LogP contribution is 2.38. The lowest BCUT2D eigenvalue weighted by atomic mass is 10.2. The zero-order chi connectivity index (χ0) is 21.6. The maximum absolute atomic E-state index is 13.6. The van der Waals surface area contributed by atoms with E-state index in [2.05, 4.69) is 14.9 Å². The fourth-order valence-corrected chi connectivity index (χ4v) is 5.81. The maximum atomic E-state index is 13.6. The summed E-state index contributed by atoms with van der Waals surface area (Å²) < 4.78 is 47.1. The van der Waals surface area contributed by atoms with Gasteiger partial charge in [-0.15, -0.1) is 0 Å². The summed E-state index contributed by atoms with van der Waals surface area (Å²) in [6, 6.07) is 5.06. The van der Waals surface area contributed by atoms with Crippen molar-refractivity contribution in [2.24, 2.45) is 0 Å². The van der Waals surface area contributed by atoms with Gasteiger partial charge in [-0.2, -0.15) is 9.57 Å². The van der Waals surface area contributed by atoms with Crippen LogP contribution in [0.5, 0.6) is 5.88 Å². The predicted molar refractivity (Wildman–Crippen MR) is 108 cm³/mol. The second-order valence-corrected chi connectivity index (χ2v) is 10.2. The van der Waals surface area contributed by atoms with E-state index in [9.17, 15) is 12.8 Å². The van der Waals surface area contributed by atoms with E-state index in [4.69, 9.17) is 10.00 Å². The van der Waals surface area contributed by atoms with Gasteiger partial charge in [0.25, 0.3) is 0 Å². The molecule has 10 heteroatoms. The fraction of sp³-hybridized carbons (Fsp3) is 0.476. The van der Waals surface area contributed by atoms with E-state index in [0.717, 1.165) is 17.8 Å². The average Bonchev–Trinajstić information content (AvgIpc) is 3.54. The summed E-state index contributed by atoms with van der Waals surface area (Å²) in [5.41, 5.74) is 0.736. The first kappa shape index (κ1) is 20.3. The van der Waals surface area contributed by atoms with Gasteiger partial charge in [-0.25, -0.2) is 17.8 Å². The molecular weight excluding hydrogens is 421 g/mol. The largest absolute Gasteiger partial charge is 0.472 e. The van der Waals surface area contributed by atoms with Crippen LogP contribution >= 0.6 is 0 Å². The molecule has 1 aromatic carbocycles. The third-order valence-electron chi connectivity index (χ3n) is 6.17. The first-order chi connectivity index (χ1) is 14.9. The Labute approximate surface area is 180 Å². The Bertz CT molecular complexity index is 1130. The molecule has 2 aromatic rings. The molecule has 3 aliphatic rings. The van der Waals surface area contributed by atoms with E-state index in [1.54, 1.807) is 18.5 Å². The summed E-state index contributed by atoms with van der Waals surface area (Å²) in [5.74, 6) is 0.310. The molecule has 8 nitrogen and oxygen atoms in total. The summed E-state index contributed by atoms with van der Waals surface area (Å²) in [6.07, 6.45) is 6.40. The van der Waals surface area contributed by atoms with Gasteiger partial charge in [0.05, 0.1) is 28.5 Å². The first-order valence-corrected chi connectivity index (χ1v) is 11.8. The minimum atomic E-state index is -3.81. The lowest BCUT2D eigenvalue weighted by Gasteiger charge is -2.36. The number of halogens is 1. The number of fused-ring (bicyclic) bond motifs is 1. The second-order valence-electron chi connectivity index (χ2n) is 8.29. The minimum absolute atomic E-state index is 0.0307. The highest BCUT2D eigenvalue weighted by molar-refractivity contribution is 7.89. The topological polar surface area (TPSA) is 99.4 Å². The molecule has 0 unspecified atom stereocenters. The third-order valence-corrected chi connectivity index (χ3v) is 8.03. The van der Waals surface area contributed by atoms with Crippen molar-refractivity contribution in [1.82, 2.24) is 19.2 Å². The van der Waals surface area contributed by atoms with E-state index < -0.39 is 15.8 Å². The van der Waals surface area contributed by atoms with Gasteiger partial charge in [0.2, 0.25) is 15.9 Å². The van der Waals surface area contributed by atoms with Gasteiger partial charge < -0.3 is 4.74 Å². The van der Waals surface area contributed by atoms with Gasteiger partial charge in [-0.1, -0.05) is 0 Å². The Balaban J connectivity index is 1.24. The van der Waals surface area contributed by atoms with Gasteiger partial charge in [0, 0.05) is 44.6 Å². The summed E-state index contributed by atoms with van der Waals surface area (Å²) in [6.45, 7) is 1.95. The van der Waals surface area contributed by atoms with Crippen molar-refractivity contribution in [1.29, 1.82) is 5.26 Å². The number of piperazine rings is 1. The zero-order valence-electron chi connectivity index (χ0n) is 16.8. The number of benzene rings is 1. The van der Waals surface area contributed by atoms with Crippen molar-refractivity contribution in [2.45, 2.75) is 42.2 Å². The first-order valence-electron chi connectivity index (χ1n) is 10.4. The Morgan fingerprint density at radius 1 is 1.16 bits per heavy atom. The fourth-order valence-electron chi connectivity index (χ4n) is 4.32. The smallest absolute Gasteiger partial charge is 0.243 e. The normalized spacial score (nSPS) is 24.5. The van der Waals surface area contributed by atoms with Crippen LogP contribution in [0.15, 0.2) is 35.5 Å². The van der Waals surface area contributed by atoms with E-state index in [1.165, 1.54) is 23.2 Å². The number of hydrogen-bond donors (Lipinski definition) is 0. The summed E-state index contributed by atoms with van der Waals surface area (Å²) in [7, 11) is -3.81. The molecule has 3 heterocycles. The van der Waals surface area contributed by atoms with Crippen LogP contribution in [0.2, 0.25) is 0 Å². The Morgan fingerprint density at radius 3 is 2.71 bits per heavy atom. The highest BCUT2D eigenvalue weighted by Gasteiger charge is 2.41. The molecule has 0 bridgehead atoms. The van der Waals surface area contributed by atoms with Gasteiger partial charge >= 0.3 is 0 Å². The molecule has 162 valence electrons. The van der Waals surface area contributed by atoms with E-state index in [-0.39, 0.29) is 22.6 Å². The maximum Gasteiger partial charge on any atom is 0.243 e. The van der Waals surface area contributed by atoms with Gasteiger partial charge in [-0.05, 0) is 31.0 Å². The van der Waals surface area contributed by atoms with Crippen LogP contribution in [0.4, 0.5) is 4.39 Å². The molecule has 0 spiro atoms. The van der Waals surface area contributed by atoms with E-state index in [1.807, 2.05) is 0 Å². The standard InChI is InChI=1S/C21H22FN5O3S/c22-19-4-3-18(7-15(19)9-23)31(28,29)27-6-5-26-13-17(8-16(26)12-27)30-21-11-24-20(10-25-21)14-1-2-14/h3-4,7,10-11,14,16-17H,1-2,5-6,8,12-13H2/t16-,17+/m0/s1. The lowest BCUT2D eigenvalue weighted by molar-refractivity contribution is 0.151. The number of hydrogen-bond acceptors (Lipinski definition) is 7. The van der Waals surface area contributed by atoms with Crippen molar-refractivity contribution in [2.75, 3.05) is 26.2 Å². The number of nitrogens with zero attached hydrogens (tertiary/aromatic N) is 5. The van der Waals surface area contributed by atoms with Crippen molar-refractivity contribution in [3.05, 3.63) is 47.7 Å². The quantitative estimate of drug-likeness (QED) is 0.696. The second kappa shape index (κ2) is 7.82. The van der Waals surface area contributed by atoms with Crippen LogP contribution in [0.25, 0.3) is 0 Å². The van der Waals surface area contributed by atoms with Crippen LogP contribution in [0.3, 0.4) is 0 Å². The van der Waals surface area contributed by atoms with Crippen molar-refractivity contribution < 1.29 is 17.5 Å². The lowest BCUT2D eigenvalue weighted by Crippen LogP contribution is -2.51. The van der Waals surface area contributed by atoms with Crippen LogP contribution in [-0.4, -0.2) is 65.9 Å². The molecule has 3 fully saturated rings. The number of nitriles is 1. The molecule has 5 rings (SSSR count). The molecule has 0 N–H and O–H groups in total. The van der Waals surface area contributed by atoms with Gasteiger partial charge in [0.15, 0.2) is 0 Å². The van der Waals surface area contributed by atoms with Crippen LogP contribution in [0, 0.1) is 17.1 Å². The van der Waals surface area contributed by atoms with E-state index >= 15 is 0 Å². The Morgan fingerprint density at radius 2 is 2.00 bits per heavy atom. The molecular formula is C21H22FN5O3S. The zero-order valence-corrected chi connectivity index (χ0v) is 17.6. The monoisotopic (exact) mass is 443 g/mol. The van der Waals surface area contributed by atoms with Crippen molar-refractivity contribution in [3.8, 4) is 11.9 Å². The number of aromatic nitrogens is 2. The van der Waals surface area contributed by atoms with E-state index in [0.29, 0.717) is 44.4 Å². The SMILES string of the molecule is N#Cc1cc(S(=O)(=O)N2CCN3C[C@H](Oc4cnc(C5CC5)cn4)C[C@H]3C2)ccc1F. The van der Waals surface area contributed by atoms with Crippen LogP contribution < -0.4 is 4.74 Å². The summed E-state index contributed by atoms with van der Waals surface area (Å²) in [5, 5.41) is 9.01. The molecule has 1 saturated carbocycles.